The van der Waals surface area contributed by atoms with Crippen molar-refractivity contribution in [1.82, 2.24) is 15.0 Å². The van der Waals surface area contributed by atoms with Crippen molar-refractivity contribution in [2.45, 2.75) is 32.6 Å². The first-order valence-corrected chi connectivity index (χ1v) is 13.1. The molecule has 0 atom stereocenters. The van der Waals surface area contributed by atoms with Gasteiger partial charge in [0.1, 0.15) is 11.5 Å². The molecule has 0 spiro atoms. The van der Waals surface area contributed by atoms with E-state index in [9.17, 15) is 5.11 Å². The van der Waals surface area contributed by atoms with Crippen molar-refractivity contribution in [1.29, 1.82) is 0 Å². The lowest BCUT2D eigenvalue weighted by atomic mass is 9.98. The number of phenolic OH excluding ortho intramolecular Hbond substituents is 1. The molecule has 0 bridgehead atoms. The van der Waals surface area contributed by atoms with Gasteiger partial charge in [0.05, 0.1) is 6.61 Å². The third-order valence-electron chi connectivity index (χ3n) is 6.38. The zero-order valence-electron chi connectivity index (χ0n) is 21.5. The van der Waals surface area contributed by atoms with E-state index in [1.165, 1.54) is 12.8 Å². The van der Waals surface area contributed by atoms with Crippen molar-refractivity contribution in [3.05, 3.63) is 103 Å². The Hall–Kier alpha value is -4.51. The summed E-state index contributed by atoms with van der Waals surface area (Å²) in [5.41, 5.74) is 4.58. The molecular formula is C33H31N3O2. The van der Waals surface area contributed by atoms with E-state index >= 15 is 0 Å². The van der Waals surface area contributed by atoms with E-state index in [1.54, 1.807) is 12.1 Å². The molecule has 5 aromatic rings. The normalized spacial score (nSPS) is 10.9. The van der Waals surface area contributed by atoms with E-state index < -0.39 is 0 Å². The van der Waals surface area contributed by atoms with Crippen LogP contribution in [0.5, 0.6) is 11.5 Å². The molecule has 5 heteroatoms. The molecule has 0 unspecified atom stereocenters. The molecule has 0 fully saturated rings. The van der Waals surface area contributed by atoms with Crippen LogP contribution in [0.4, 0.5) is 0 Å². The van der Waals surface area contributed by atoms with Crippen LogP contribution in [0, 0.1) is 0 Å². The molecule has 4 aromatic carbocycles. The molecule has 190 valence electrons. The number of nitrogens with zero attached hydrogens (tertiary/aromatic N) is 3. The van der Waals surface area contributed by atoms with Crippen molar-refractivity contribution >= 4 is 0 Å². The van der Waals surface area contributed by atoms with Gasteiger partial charge in [-0.2, -0.15) is 0 Å². The third kappa shape index (κ3) is 6.06. The van der Waals surface area contributed by atoms with Crippen LogP contribution >= 0.6 is 0 Å². The van der Waals surface area contributed by atoms with Gasteiger partial charge in [-0.15, -0.1) is 0 Å². The lowest BCUT2D eigenvalue weighted by Crippen LogP contribution is -2.02. The molecule has 0 amide bonds. The smallest absolute Gasteiger partial charge is 0.164 e. The van der Waals surface area contributed by atoms with E-state index in [4.69, 9.17) is 19.7 Å². The summed E-state index contributed by atoms with van der Waals surface area (Å²) in [5.74, 6) is 2.82. The minimum Gasteiger partial charge on any atom is -0.508 e. The molecule has 0 aliphatic heterocycles. The molecule has 1 N–H and O–H groups in total. The summed E-state index contributed by atoms with van der Waals surface area (Å²) in [4.78, 5) is 14.6. The third-order valence-corrected chi connectivity index (χ3v) is 6.38. The highest BCUT2D eigenvalue weighted by molar-refractivity contribution is 5.83. The maximum Gasteiger partial charge on any atom is 0.164 e. The topological polar surface area (TPSA) is 68.1 Å². The predicted molar refractivity (Wildman–Crippen MR) is 153 cm³/mol. The number of benzene rings is 4. The fourth-order valence-corrected chi connectivity index (χ4v) is 4.34. The van der Waals surface area contributed by atoms with Gasteiger partial charge in [0, 0.05) is 16.7 Å². The monoisotopic (exact) mass is 501 g/mol. The first kappa shape index (κ1) is 25.2. The van der Waals surface area contributed by atoms with E-state index in [-0.39, 0.29) is 5.75 Å². The van der Waals surface area contributed by atoms with Crippen LogP contribution in [0.3, 0.4) is 0 Å². The SMILES string of the molecule is CCCCCCOc1ccc(-c2nc(-c3ccccc3)nc(-c3ccccc3)n2)c(-c2ccc(O)cc2)c1. The first-order valence-electron chi connectivity index (χ1n) is 13.1. The summed E-state index contributed by atoms with van der Waals surface area (Å²) in [7, 11) is 0. The van der Waals surface area contributed by atoms with Crippen LogP contribution in [0.15, 0.2) is 103 Å². The van der Waals surface area contributed by atoms with E-state index in [0.29, 0.717) is 24.1 Å². The summed E-state index contributed by atoms with van der Waals surface area (Å²) in [6.45, 7) is 2.88. The summed E-state index contributed by atoms with van der Waals surface area (Å²) >= 11 is 0. The second-order valence-electron chi connectivity index (χ2n) is 9.20. The van der Waals surface area contributed by atoms with Crippen molar-refractivity contribution in [2.75, 3.05) is 6.61 Å². The fourth-order valence-electron chi connectivity index (χ4n) is 4.34. The fraction of sp³-hybridized carbons (Fsp3) is 0.182. The number of aromatic hydroxyl groups is 1. The molecule has 38 heavy (non-hydrogen) atoms. The Morgan fingerprint density at radius 1 is 0.579 bits per heavy atom. The Kier molecular flexibility index (Phi) is 8.04. The lowest BCUT2D eigenvalue weighted by Gasteiger charge is -2.14. The van der Waals surface area contributed by atoms with Crippen LogP contribution in [0.2, 0.25) is 0 Å². The average molecular weight is 502 g/mol. The number of aromatic nitrogens is 3. The standard InChI is InChI=1S/C33H31N3O2/c1-2-3-4-11-22-38-28-20-21-29(30(23-28)24-16-18-27(37)19-17-24)33-35-31(25-12-7-5-8-13-25)34-32(36-33)26-14-9-6-10-15-26/h5-10,12-21,23,37H,2-4,11,22H2,1H3. The Labute approximate surface area is 223 Å². The summed E-state index contributed by atoms with van der Waals surface area (Å²) in [5, 5.41) is 9.90. The number of hydrogen-bond donors (Lipinski definition) is 1. The van der Waals surface area contributed by atoms with Crippen LogP contribution in [-0.2, 0) is 0 Å². The Morgan fingerprint density at radius 3 is 1.79 bits per heavy atom. The van der Waals surface area contributed by atoms with Crippen LogP contribution < -0.4 is 4.74 Å². The molecule has 1 heterocycles. The molecule has 0 aliphatic carbocycles. The largest absolute Gasteiger partial charge is 0.508 e. The number of rotatable bonds is 10. The summed E-state index contributed by atoms with van der Waals surface area (Å²) < 4.78 is 6.11. The average Bonchev–Trinajstić information content (AvgIpc) is 2.98. The van der Waals surface area contributed by atoms with Crippen molar-refractivity contribution in [2.24, 2.45) is 0 Å². The summed E-state index contributed by atoms with van der Waals surface area (Å²) in [6.07, 6.45) is 4.60. The van der Waals surface area contributed by atoms with E-state index in [2.05, 4.69) is 6.92 Å². The summed E-state index contributed by atoms with van der Waals surface area (Å²) in [6, 6.07) is 33.1. The Morgan fingerprint density at radius 2 is 1.18 bits per heavy atom. The second kappa shape index (κ2) is 12.2. The molecular weight excluding hydrogens is 470 g/mol. The molecule has 1 aromatic heterocycles. The van der Waals surface area contributed by atoms with E-state index in [1.807, 2.05) is 91.0 Å². The zero-order valence-corrected chi connectivity index (χ0v) is 21.5. The number of unbranched alkanes of at least 4 members (excludes halogenated alkanes) is 3. The maximum atomic E-state index is 9.90. The van der Waals surface area contributed by atoms with Crippen LogP contribution in [-0.4, -0.2) is 26.7 Å². The van der Waals surface area contributed by atoms with Gasteiger partial charge in [-0.1, -0.05) is 99.0 Å². The highest BCUT2D eigenvalue weighted by Crippen LogP contribution is 2.35. The Balaban J connectivity index is 1.61. The van der Waals surface area contributed by atoms with Gasteiger partial charge in [-0.25, -0.2) is 15.0 Å². The first-order chi connectivity index (χ1) is 18.7. The lowest BCUT2D eigenvalue weighted by molar-refractivity contribution is 0.305. The van der Waals surface area contributed by atoms with Crippen molar-refractivity contribution < 1.29 is 9.84 Å². The van der Waals surface area contributed by atoms with Crippen LogP contribution in [0.25, 0.3) is 45.3 Å². The maximum absolute atomic E-state index is 9.90. The van der Waals surface area contributed by atoms with Crippen molar-refractivity contribution in [3.8, 4) is 56.8 Å². The van der Waals surface area contributed by atoms with Gasteiger partial charge in [0.25, 0.3) is 0 Å². The highest BCUT2D eigenvalue weighted by Gasteiger charge is 2.16. The van der Waals surface area contributed by atoms with E-state index in [0.717, 1.165) is 46.4 Å². The number of ether oxygens (including phenoxy) is 1. The van der Waals surface area contributed by atoms with Gasteiger partial charge in [0.15, 0.2) is 17.5 Å². The van der Waals surface area contributed by atoms with Crippen molar-refractivity contribution in [3.63, 3.8) is 0 Å². The zero-order chi connectivity index (χ0) is 26.2. The second-order valence-corrected chi connectivity index (χ2v) is 9.20. The van der Waals surface area contributed by atoms with Gasteiger partial charge < -0.3 is 9.84 Å². The minimum atomic E-state index is 0.219. The molecule has 0 saturated carbocycles. The minimum absolute atomic E-state index is 0.219. The quantitative estimate of drug-likeness (QED) is 0.195. The van der Waals surface area contributed by atoms with Crippen LogP contribution in [0.1, 0.15) is 32.6 Å². The van der Waals surface area contributed by atoms with Gasteiger partial charge in [0.2, 0.25) is 0 Å². The molecule has 0 radical (unpaired) electrons. The molecule has 0 aliphatic rings. The highest BCUT2D eigenvalue weighted by atomic mass is 16.5. The predicted octanol–water partition coefficient (Wildman–Crippen LogP) is 8.20. The molecule has 5 rings (SSSR count). The van der Waals surface area contributed by atoms with Gasteiger partial charge in [-0.3, -0.25) is 0 Å². The molecule has 0 saturated heterocycles. The number of phenols is 1. The van der Waals surface area contributed by atoms with Gasteiger partial charge in [-0.05, 0) is 47.9 Å². The number of hydrogen-bond acceptors (Lipinski definition) is 5. The van der Waals surface area contributed by atoms with Gasteiger partial charge >= 0.3 is 0 Å². The Bertz CT molecular complexity index is 1410. The molecule has 5 nitrogen and oxygen atoms in total.